The molecule has 16 heavy (non-hydrogen) atoms. The number of nitrogens with one attached hydrogen (secondary N) is 1. The van der Waals surface area contributed by atoms with E-state index in [-0.39, 0.29) is 0 Å². The molecule has 0 saturated carbocycles. The van der Waals surface area contributed by atoms with Gasteiger partial charge in [0.1, 0.15) is 5.65 Å². The van der Waals surface area contributed by atoms with E-state index in [2.05, 4.69) is 16.6 Å². The number of pyridine rings is 1. The quantitative estimate of drug-likeness (QED) is 0.833. The molecule has 5 heteroatoms. The lowest BCUT2D eigenvalue weighted by atomic mass is 10.4. The molecular formula is C11H14ClN3S. The Morgan fingerprint density at radius 3 is 3.19 bits per heavy atom. The standard InChI is InChI=1S/C11H14ClN3S/c1-16-7-5-13-8-9-11(12)14-10-4-2-3-6-15(9)10/h2-4,6,13H,5,7-8H2,1H3. The normalized spacial score (nSPS) is 11.1. The second-order valence-electron chi connectivity index (χ2n) is 3.45. The summed E-state index contributed by atoms with van der Waals surface area (Å²) in [5.74, 6) is 1.11. The fourth-order valence-electron chi connectivity index (χ4n) is 1.56. The first-order chi connectivity index (χ1) is 7.83. The Bertz CT molecular complexity index is 469. The lowest BCUT2D eigenvalue weighted by molar-refractivity contribution is 0.710. The van der Waals surface area contributed by atoms with Crippen LogP contribution in [0.4, 0.5) is 0 Å². The van der Waals surface area contributed by atoms with E-state index in [9.17, 15) is 0 Å². The van der Waals surface area contributed by atoms with E-state index < -0.39 is 0 Å². The van der Waals surface area contributed by atoms with Crippen molar-refractivity contribution in [3.63, 3.8) is 0 Å². The second kappa shape index (κ2) is 5.57. The summed E-state index contributed by atoms with van der Waals surface area (Å²) in [5.41, 5.74) is 1.92. The summed E-state index contributed by atoms with van der Waals surface area (Å²) in [6, 6.07) is 5.90. The Hall–Kier alpha value is -0.710. The van der Waals surface area contributed by atoms with Gasteiger partial charge in [-0.05, 0) is 18.4 Å². The molecular weight excluding hydrogens is 242 g/mol. The summed E-state index contributed by atoms with van der Waals surface area (Å²) < 4.78 is 2.02. The van der Waals surface area contributed by atoms with Crippen molar-refractivity contribution in [3.8, 4) is 0 Å². The molecule has 0 unspecified atom stereocenters. The number of fused-ring (bicyclic) bond motifs is 1. The van der Waals surface area contributed by atoms with Gasteiger partial charge in [-0.25, -0.2) is 4.98 Å². The maximum atomic E-state index is 6.10. The largest absolute Gasteiger partial charge is 0.310 e. The Labute approximate surface area is 104 Å². The van der Waals surface area contributed by atoms with Crippen LogP contribution >= 0.6 is 23.4 Å². The first kappa shape index (κ1) is 11.8. The molecule has 0 bridgehead atoms. The highest BCUT2D eigenvalue weighted by Gasteiger charge is 2.08. The minimum atomic E-state index is 0.586. The number of imidazole rings is 1. The lowest BCUT2D eigenvalue weighted by Gasteiger charge is -2.04. The van der Waals surface area contributed by atoms with Crippen molar-refractivity contribution in [2.24, 2.45) is 0 Å². The van der Waals surface area contributed by atoms with Gasteiger partial charge in [-0.3, -0.25) is 0 Å². The molecule has 2 rings (SSSR count). The maximum absolute atomic E-state index is 6.10. The fourth-order valence-corrected chi connectivity index (χ4v) is 2.15. The molecule has 0 radical (unpaired) electrons. The number of hydrogen-bond donors (Lipinski definition) is 1. The van der Waals surface area contributed by atoms with Crippen molar-refractivity contribution in [1.29, 1.82) is 0 Å². The summed E-state index contributed by atoms with van der Waals surface area (Å²) in [5, 5.41) is 3.94. The molecule has 1 N–H and O–H groups in total. The Morgan fingerprint density at radius 2 is 2.38 bits per heavy atom. The monoisotopic (exact) mass is 255 g/mol. The number of nitrogens with zero attached hydrogens (tertiary/aromatic N) is 2. The summed E-state index contributed by atoms with van der Waals surface area (Å²) in [6.07, 6.45) is 4.09. The van der Waals surface area contributed by atoms with Gasteiger partial charge in [-0.2, -0.15) is 11.8 Å². The van der Waals surface area contributed by atoms with Crippen molar-refractivity contribution in [2.45, 2.75) is 6.54 Å². The average Bonchev–Trinajstić information content (AvgIpc) is 2.61. The predicted octanol–water partition coefficient (Wildman–Crippen LogP) is 2.44. The molecule has 0 fully saturated rings. The second-order valence-corrected chi connectivity index (χ2v) is 4.79. The number of halogens is 1. The summed E-state index contributed by atoms with van der Waals surface area (Å²) in [4.78, 5) is 4.30. The molecule has 0 amide bonds. The van der Waals surface area contributed by atoms with Gasteiger partial charge in [0.2, 0.25) is 0 Å². The number of aromatic nitrogens is 2. The SMILES string of the molecule is CSCCNCc1c(Cl)nc2ccccn12. The summed E-state index contributed by atoms with van der Waals surface area (Å²) in [6.45, 7) is 1.74. The molecule has 2 aromatic rings. The molecule has 0 aromatic carbocycles. The molecule has 0 aliphatic heterocycles. The number of hydrogen-bond acceptors (Lipinski definition) is 3. The first-order valence-electron chi connectivity index (χ1n) is 5.14. The molecule has 0 spiro atoms. The van der Waals surface area contributed by atoms with Crippen molar-refractivity contribution >= 4 is 29.0 Å². The zero-order valence-corrected chi connectivity index (χ0v) is 10.7. The van der Waals surface area contributed by atoms with Crippen LogP contribution in [0, 0.1) is 0 Å². The van der Waals surface area contributed by atoms with E-state index in [1.54, 1.807) is 0 Å². The molecule has 2 heterocycles. The Balaban J connectivity index is 2.13. The van der Waals surface area contributed by atoms with Gasteiger partial charge in [0, 0.05) is 25.0 Å². The minimum absolute atomic E-state index is 0.586. The van der Waals surface area contributed by atoms with Gasteiger partial charge in [0.05, 0.1) is 5.69 Å². The van der Waals surface area contributed by atoms with Crippen LogP contribution in [0.5, 0.6) is 0 Å². The third kappa shape index (κ3) is 2.51. The highest BCUT2D eigenvalue weighted by atomic mass is 35.5. The van der Waals surface area contributed by atoms with E-state index in [4.69, 9.17) is 11.6 Å². The molecule has 3 nitrogen and oxygen atoms in total. The molecule has 0 aliphatic rings. The van der Waals surface area contributed by atoms with Crippen molar-refractivity contribution in [2.75, 3.05) is 18.6 Å². The average molecular weight is 256 g/mol. The molecule has 0 atom stereocenters. The van der Waals surface area contributed by atoms with Crippen LogP contribution in [0.25, 0.3) is 5.65 Å². The summed E-state index contributed by atoms with van der Waals surface area (Å²) in [7, 11) is 0. The smallest absolute Gasteiger partial charge is 0.152 e. The van der Waals surface area contributed by atoms with Gasteiger partial charge in [-0.1, -0.05) is 17.7 Å². The zero-order chi connectivity index (χ0) is 11.4. The third-order valence-corrected chi connectivity index (χ3v) is 3.27. The Kier molecular flexibility index (Phi) is 4.09. The van der Waals surface area contributed by atoms with Gasteiger partial charge in [0.15, 0.2) is 5.15 Å². The van der Waals surface area contributed by atoms with Crippen LogP contribution < -0.4 is 5.32 Å². The maximum Gasteiger partial charge on any atom is 0.152 e. The van der Waals surface area contributed by atoms with E-state index in [0.717, 1.165) is 30.2 Å². The van der Waals surface area contributed by atoms with Crippen LogP contribution in [-0.2, 0) is 6.54 Å². The summed E-state index contributed by atoms with van der Waals surface area (Å²) >= 11 is 7.93. The minimum Gasteiger partial charge on any atom is -0.310 e. The molecule has 2 aromatic heterocycles. The predicted molar refractivity (Wildman–Crippen MR) is 70.3 cm³/mol. The van der Waals surface area contributed by atoms with Crippen molar-refractivity contribution in [3.05, 3.63) is 35.2 Å². The van der Waals surface area contributed by atoms with E-state index in [0.29, 0.717) is 5.15 Å². The van der Waals surface area contributed by atoms with Crippen LogP contribution in [0.15, 0.2) is 24.4 Å². The van der Waals surface area contributed by atoms with Gasteiger partial charge >= 0.3 is 0 Å². The van der Waals surface area contributed by atoms with Crippen LogP contribution in [0.2, 0.25) is 5.15 Å². The van der Waals surface area contributed by atoms with Gasteiger partial charge in [0.25, 0.3) is 0 Å². The fraction of sp³-hybridized carbons (Fsp3) is 0.364. The van der Waals surface area contributed by atoms with Gasteiger partial charge < -0.3 is 9.72 Å². The van der Waals surface area contributed by atoms with Crippen LogP contribution in [-0.4, -0.2) is 27.9 Å². The van der Waals surface area contributed by atoms with Crippen LogP contribution in [0.3, 0.4) is 0 Å². The van der Waals surface area contributed by atoms with Crippen molar-refractivity contribution < 1.29 is 0 Å². The lowest BCUT2D eigenvalue weighted by Crippen LogP contribution is -2.17. The topological polar surface area (TPSA) is 29.3 Å². The highest BCUT2D eigenvalue weighted by Crippen LogP contribution is 2.17. The van der Waals surface area contributed by atoms with Crippen LogP contribution in [0.1, 0.15) is 5.69 Å². The first-order valence-corrected chi connectivity index (χ1v) is 6.91. The van der Waals surface area contributed by atoms with E-state index in [1.165, 1.54) is 0 Å². The zero-order valence-electron chi connectivity index (χ0n) is 9.11. The highest BCUT2D eigenvalue weighted by molar-refractivity contribution is 7.98. The van der Waals surface area contributed by atoms with Crippen molar-refractivity contribution in [1.82, 2.24) is 14.7 Å². The van der Waals surface area contributed by atoms with E-state index >= 15 is 0 Å². The van der Waals surface area contributed by atoms with E-state index in [1.807, 2.05) is 40.6 Å². The number of rotatable bonds is 5. The Morgan fingerprint density at radius 1 is 1.50 bits per heavy atom. The third-order valence-electron chi connectivity index (χ3n) is 2.36. The molecule has 0 aliphatic carbocycles. The molecule has 86 valence electrons. The van der Waals surface area contributed by atoms with Gasteiger partial charge in [-0.15, -0.1) is 0 Å². The molecule has 0 saturated heterocycles. The number of thioether (sulfide) groups is 1.